The quantitative estimate of drug-likeness (QED) is 0.769. The first kappa shape index (κ1) is 10.3. The van der Waals surface area contributed by atoms with E-state index in [1.54, 1.807) is 0 Å². The Morgan fingerprint density at radius 3 is 2.69 bits per heavy atom. The fraction of sp³-hybridized carbons (Fsp3) is 0.143. The molecule has 0 unspecified atom stereocenters. The van der Waals surface area contributed by atoms with Crippen LogP contribution in [0.25, 0.3) is 11.0 Å². The highest BCUT2D eigenvalue weighted by molar-refractivity contribution is 6.02. The number of primary amides is 1. The van der Waals surface area contributed by atoms with E-state index >= 15 is 0 Å². The SMILES string of the molecule is NC(=O)c1nn(C(F)(F)F)c2ncncc12. The number of halogens is 3. The van der Waals surface area contributed by atoms with E-state index in [2.05, 4.69) is 15.1 Å². The molecule has 0 bridgehead atoms. The van der Waals surface area contributed by atoms with Crippen molar-refractivity contribution in [3.63, 3.8) is 0 Å². The minimum atomic E-state index is -4.76. The monoisotopic (exact) mass is 231 g/mol. The summed E-state index contributed by atoms with van der Waals surface area (Å²) in [4.78, 5) is 17.8. The third-order valence-electron chi connectivity index (χ3n) is 1.82. The molecule has 1 amide bonds. The van der Waals surface area contributed by atoms with E-state index in [-0.39, 0.29) is 10.1 Å². The Morgan fingerprint density at radius 1 is 1.44 bits per heavy atom. The molecule has 0 saturated heterocycles. The maximum atomic E-state index is 12.5. The van der Waals surface area contributed by atoms with Gasteiger partial charge < -0.3 is 5.73 Å². The van der Waals surface area contributed by atoms with E-state index in [0.717, 1.165) is 12.5 Å². The first-order valence-corrected chi connectivity index (χ1v) is 3.97. The van der Waals surface area contributed by atoms with Crippen LogP contribution in [0.1, 0.15) is 10.5 Å². The summed E-state index contributed by atoms with van der Waals surface area (Å²) in [5, 5.41) is 2.94. The number of aromatic nitrogens is 4. The van der Waals surface area contributed by atoms with Gasteiger partial charge in [-0.05, 0) is 0 Å². The molecule has 2 aromatic rings. The lowest BCUT2D eigenvalue weighted by atomic mass is 10.3. The van der Waals surface area contributed by atoms with E-state index in [4.69, 9.17) is 5.73 Å². The maximum Gasteiger partial charge on any atom is 0.506 e. The Kier molecular flexibility index (Phi) is 2.04. The molecule has 0 fully saturated rings. The number of carbonyl (C=O) groups excluding carboxylic acids is 1. The van der Waals surface area contributed by atoms with Crippen LogP contribution in [0, 0.1) is 0 Å². The molecule has 2 aromatic heterocycles. The van der Waals surface area contributed by atoms with Gasteiger partial charge >= 0.3 is 6.30 Å². The zero-order valence-electron chi connectivity index (χ0n) is 7.56. The zero-order valence-corrected chi connectivity index (χ0v) is 7.56. The van der Waals surface area contributed by atoms with Crippen molar-refractivity contribution in [1.29, 1.82) is 0 Å². The molecule has 0 aliphatic carbocycles. The Balaban J connectivity index is 2.82. The number of hydrogen-bond donors (Lipinski definition) is 1. The molecule has 6 nitrogen and oxygen atoms in total. The second kappa shape index (κ2) is 3.15. The Morgan fingerprint density at radius 2 is 2.12 bits per heavy atom. The summed E-state index contributed by atoms with van der Waals surface area (Å²) >= 11 is 0. The summed E-state index contributed by atoms with van der Waals surface area (Å²) in [6.07, 6.45) is -2.78. The van der Waals surface area contributed by atoms with E-state index in [0.29, 0.717) is 0 Å². The number of nitrogens with two attached hydrogens (primary N) is 1. The summed E-state index contributed by atoms with van der Waals surface area (Å²) in [6.45, 7) is 0. The van der Waals surface area contributed by atoms with Crippen molar-refractivity contribution in [3.05, 3.63) is 18.2 Å². The van der Waals surface area contributed by atoms with E-state index in [1.807, 2.05) is 0 Å². The smallest absolute Gasteiger partial charge is 0.364 e. The van der Waals surface area contributed by atoms with Gasteiger partial charge in [0.25, 0.3) is 5.91 Å². The van der Waals surface area contributed by atoms with Crippen LogP contribution < -0.4 is 5.73 Å². The molecular weight excluding hydrogens is 227 g/mol. The molecule has 16 heavy (non-hydrogen) atoms. The summed E-state index contributed by atoms with van der Waals surface area (Å²) in [5.74, 6) is -1.07. The van der Waals surface area contributed by atoms with Crippen molar-refractivity contribution < 1.29 is 18.0 Å². The molecule has 84 valence electrons. The topological polar surface area (TPSA) is 86.7 Å². The molecule has 0 radical (unpaired) electrons. The molecule has 0 spiro atoms. The Labute approximate surface area is 85.9 Å². The highest BCUT2D eigenvalue weighted by Gasteiger charge is 2.36. The Hall–Kier alpha value is -2.19. The number of nitrogens with zero attached hydrogens (tertiary/aromatic N) is 4. The molecule has 0 atom stereocenters. The number of rotatable bonds is 1. The van der Waals surface area contributed by atoms with Crippen molar-refractivity contribution in [3.8, 4) is 0 Å². The second-order valence-corrected chi connectivity index (χ2v) is 2.85. The highest BCUT2D eigenvalue weighted by atomic mass is 19.4. The van der Waals surface area contributed by atoms with Gasteiger partial charge in [0.15, 0.2) is 11.3 Å². The van der Waals surface area contributed by atoms with Gasteiger partial charge in [0.1, 0.15) is 6.33 Å². The molecule has 0 saturated carbocycles. The Bertz CT molecular complexity index is 561. The molecule has 0 aliphatic heterocycles. The maximum absolute atomic E-state index is 12.5. The summed E-state index contributed by atoms with van der Waals surface area (Å²) in [5.41, 5.74) is 3.89. The second-order valence-electron chi connectivity index (χ2n) is 2.85. The van der Waals surface area contributed by atoms with E-state index in [9.17, 15) is 18.0 Å². The van der Waals surface area contributed by atoms with Crippen molar-refractivity contribution in [1.82, 2.24) is 19.7 Å². The van der Waals surface area contributed by atoms with Crippen LogP contribution in [-0.4, -0.2) is 25.7 Å². The minimum Gasteiger partial charge on any atom is -0.364 e. The number of hydrogen-bond acceptors (Lipinski definition) is 4. The largest absolute Gasteiger partial charge is 0.506 e. The van der Waals surface area contributed by atoms with Crippen molar-refractivity contribution in [2.45, 2.75) is 6.30 Å². The lowest BCUT2D eigenvalue weighted by molar-refractivity contribution is -0.209. The van der Waals surface area contributed by atoms with Crippen LogP contribution in [0.5, 0.6) is 0 Å². The first-order chi connectivity index (χ1) is 7.41. The summed E-state index contributed by atoms with van der Waals surface area (Å²) in [6, 6.07) is 0. The molecule has 2 rings (SSSR count). The van der Waals surface area contributed by atoms with E-state index < -0.39 is 23.5 Å². The van der Waals surface area contributed by atoms with Gasteiger partial charge in [-0.15, -0.1) is 13.2 Å². The van der Waals surface area contributed by atoms with Gasteiger partial charge in [-0.2, -0.15) is 9.78 Å². The zero-order chi connectivity index (χ0) is 11.9. The van der Waals surface area contributed by atoms with Gasteiger partial charge in [-0.1, -0.05) is 0 Å². The summed E-state index contributed by atoms with van der Waals surface area (Å²) < 4.78 is 37.1. The minimum absolute atomic E-state index is 0.132. The highest BCUT2D eigenvalue weighted by Crippen LogP contribution is 2.26. The lowest BCUT2D eigenvalue weighted by Gasteiger charge is -2.05. The fourth-order valence-electron chi connectivity index (χ4n) is 1.22. The van der Waals surface area contributed by atoms with Gasteiger partial charge in [0, 0.05) is 6.20 Å². The third kappa shape index (κ3) is 1.45. The summed E-state index contributed by atoms with van der Waals surface area (Å²) in [7, 11) is 0. The number of amides is 1. The molecule has 2 heterocycles. The average Bonchev–Trinajstić information content (AvgIpc) is 2.56. The fourth-order valence-corrected chi connectivity index (χ4v) is 1.22. The van der Waals surface area contributed by atoms with Crippen LogP contribution >= 0.6 is 0 Å². The normalized spacial score (nSPS) is 11.9. The third-order valence-corrected chi connectivity index (χ3v) is 1.82. The predicted octanol–water partition coefficient (Wildman–Crippen LogP) is 0.402. The average molecular weight is 231 g/mol. The van der Waals surface area contributed by atoms with Crippen molar-refractivity contribution in [2.75, 3.05) is 0 Å². The molecule has 0 aliphatic rings. The predicted molar refractivity (Wildman–Crippen MR) is 45.1 cm³/mol. The van der Waals surface area contributed by atoms with Gasteiger partial charge in [-0.3, -0.25) is 4.79 Å². The molecule has 9 heteroatoms. The van der Waals surface area contributed by atoms with Crippen molar-refractivity contribution >= 4 is 16.9 Å². The molecular formula is C7H4F3N5O. The van der Waals surface area contributed by atoms with Gasteiger partial charge in [0.05, 0.1) is 5.39 Å². The van der Waals surface area contributed by atoms with Crippen LogP contribution in [0.2, 0.25) is 0 Å². The van der Waals surface area contributed by atoms with Crippen molar-refractivity contribution in [2.24, 2.45) is 5.73 Å². The molecule has 2 N–H and O–H groups in total. The first-order valence-electron chi connectivity index (χ1n) is 3.97. The lowest BCUT2D eigenvalue weighted by Crippen LogP contribution is -2.20. The van der Waals surface area contributed by atoms with E-state index in [1.165, 1.54) is 0 Å². The van der Waals surface area contributed by atoms with Crippen LogP contribution in [0.4, 0.5) is 13.2 Å². The number of alkyl halides is 3. The number of carbonyl (C=O) groups is 1. The number of fused-ring (bicyclic) bond motifs is 1. The van der Waals surface area contributed by atoms with Crippen LogP contribution in [0.15, 0.2) is 12.5 Å². The van der Waals surface area contributed by atoms with Gasteiger partial charge in [-0.25, -0.2) is 9.97 Å². The van der Waals surface area contributed by atoms with Gasteiger partial charge in [0.2, 0.25) is 0 Å². The van der Waals surface area contributed by atoms with Crippen LogP contribution in [0.3, 0.4) is 0 Å². The molecule has 0 aromatic carbocycles. The standard InChI is InChI=1S/C7H4F3N5O/c8-7(9,10)15-6-3(1-12-2-13-6)4(14-15)5(11)16/h1-2H,(H2,11,16). The van der Waals surface area contributed by atoms with Crippen LogP contribution in [-0.2, 0) is 6.30 Å².